The number of aromatic amines is 1. The number of H-pyrrole nitrogens is 1. The van der Waals surface area contributed by atoms with Crippen LogP contribution < -0.4 is 0 Å². The number of ether oxygens (including phenoxy) is 1. The maximum Gasteiger partial charge on any atom is 0.278 e. The molecule has 0 spiro atoms. The van der Waals surface area contributed by atoms with Crippen LogP contribution in [0.25, 0.3) is 11.6 Å². The summed E-state index contributed by atoms with van der Waals surface area (Å²) in [5.74, 6) is 1.62. The van der Waals surface area contributed by atoms with Crippen LogP contribution in [-0.4, -0.2) is 27.4 Å². The molecule has 3 rings (SSSR count). The molecule has 0 aliphatic heterocycles. The van der Waals surface area contributed by atoms with Gasteiger partial charge in [-0.25, -0.2) is 0 Å². The number of hydrogen-bond donors (Lipinski definition) is 1. The van der Waals surface area contributed by atoms with Crippen LogP contribution in [0.5, 0.6) is 0 Å². The zero-order chi connectivity index (χ0) is 11.0. The zero-order valence-electron chi connectivity index (χ0n) is 8.93. The Morgan fingerprint density at radius 2 is 2.44 bits per heavy atom. The average Bonchev–Trinajstić information content (AvgIpc) is 2.85. The molecular formula is C10H12N4O2. The van der Waals surface area contributed by atoms with Gasteiger partial charge < -0.3 is 9.26 Å². The van der Waals surface area contributed by atoms with E-state index in [2.05, 4.69) is 20.3 Å². The lowest BCUT2D eigenvalue weighted by atomic mass is 10.3. The molecule has 2 heterocycles. The lowest BCUT2D eigenvalue weighted by Crippen LogP contribution is -1.89. The summed E-state index contributed by atoms with van der Waals surface area (Å²) in [7, 11) is 1.59. The van der Waals surface area contributed by atoms with Crippen LogP contribution in [0.1, 0.15) is 30.3 Å². The van der Waals surface area contributed by atoms with E-state index in [9.17, 15) is 0 Å². The number of nitrogens with one attached hydrogen (secondary N) is 1. The first-order chi connectivity index (χ1) is 7.86. The molecule has 1 aliphatic carbocycles. The van der Waals surface area contributed by atoms with Crippen molar-refractivity contribution in [2.45, 2.75) is 25.4 Å². The third-order valence-electron chi connectivity index (χ3n) is 2.58. The van der Waals surface area contributed by atoms with Crippen LogP contribution in [0.3, 0.4) is 0 Å². The van der Waals surface area contributed by atoms with Crippen molar-refractivity contribution in [2.24, 2.45) is 0 Å². The first-order valence-corrected chi connectivity index (χ1v) is 5.24. The highest BCUT2D eigenvalue weighted by Crippen LogP contribution is 2.39. The maximum atomic E-state index is 5.09. The largest absolute Gasteiger partial charge is 0.377 e. The summed E-state index contributed by atoms with van der Waals surface area (Å²) < 4.78 is 10.0. The lowest BCUT2D eigenvalue weighted by molar-refractivity contribution is 0.174. The van der Waals surface area contributed by atoms with Gasteiger partial charge in [0.15, 0.2) is 11.5 Å². The second-order valence-corrected chi connectivity index (χ2v) is 3.93. The summed E-state index contributed by atoms with van der Waals surface area (Å²) in [6, 6.07) is 1.97. The summed E-state index contributed by atoms with van der Waals surface area (Å²) in [5, 5.41) is 10.9. The molecule has 1 aliphatic rings. The van der Waals surface area contributed by atoms with Gasteiger partial charge in [0.25, 0.3) is 5.89 Å². The summed E-state index contributed by atoms with van der Waals surface area (Å²) in [6.07, 6.45) is 2.47. The number of rotatable bonds is 4. The van der Waals surface area contributed by atoms with Gasteiger partial charge in [-0.2, -0.15) is 10.1 Å². The van der Waals surface area contributed by atoms with Crippen molar-refractivity contribution in [1.29, 1.82) is 0 Å². The minimum absolute atomic E-state index is 0.351. The van der Waals surface area contributed by atoms with E-state index in [0.29, 0.717) is 29.9 Å². The summed E-state index contributed by atoms with van der Waals surface area (Å²) in [6.45, 7) is 0.351. The van der Waals surface area contributed by atoms with Crippen LogP contribution in [0.15, 0.2) is 10.6 Å². The molecule has 6 nitrogen and oxygen atoms in total. The lowest BCUT2D eigenvalue weighted by Gasteiger charge is -1.86. The van der Waals surface area contributed by atoms with E-state index in [1.807, 2.05) is 6.07 Å². The van der Waals surface area contributed by atoms with Gasteiger partial charge in [0.1, 0.15) is 6.61 Å². The van der Waals surface area contributed by atoms with Crippen molar-refractivity contribution in [3.63, 3.8) is 0 Å². The fourth-order valence-electron chi connectivity index (χ4n) is 1.60. The highest BCUT2D eigenvalue weighted by Gasteiger charge is 2.26. The minimum atomic E-state index is 0.351. The Labute approximate surface area is 92.0 Å². The highest BCUT2D eigenvalue weighted by molar-refractivity contribution is 5.47. The van der Waals surface area contributed by atoms with Crippen molar-refractivity contribution in [1.82, 2.24) is 20.3 Å². The predicted molar refractivity (Wildman–Crippen MR) is 54.6 cm³/mol. The molecule has 16 heavy (non-hydrogen) atoms. The normalized spacial score (nSPS) is 15.6. The molecule has 6 heteroatoms. The smallest absolute Gasteiger partial charge is 0.278 e. The molecule has 1 N–H and O–H groups in total. The van der Waals surface area contributed by atoms with Crippen molar-refractivity contribution in [3.8, 4) is 11.6 Å². The van der Waals surface area contributed by atoms with Crippen LogP contribution in [0.4, 0.5) is 0 Å². The van der Waals surface area contributed by atoms with Crippen LogP contribution >= 0.6 is 0 Å². The van der Waals surface area contributed by atoms with E-state index in [0.717, 1.165) is 5.69 Å². The van der Waals surface area contributed by atoms with Gasteiger partial charge in [0, 0.05) is 18.7 Å². The Hall–Kier alpha value is -1.69. The number of aromatic nitrogens is 4. The van der Waals surface area contributed by atoms with E-state index in [1.54, 1.807) is 7.11 Å². The van der Waals surface area contributed by atoms with Crippen molar-refractivity contribution >= 4 is 0 Å². The Kier molecular flexibility index (Phi) is 2.21. The van der Waals surface area contributed by atoms with Gasteiger partial charge >= 0.3 is 0 Å². The Balaban J connectivity index is 1.83. The average molecular weight is 220 g/mol. The van der Waals surface area contributed by atoms with Gasteiger partial charge in [-0.05, 0) is 18.9 Å². The van der Waals surface area contributed by atoms with Crippen molar-refractivity contribution in [2.75, 3.05) is 7.11 Å². The zero-order valence-corrected chi connectivity index (χ0v) is 8.93. The Bertz CT molecular complexity index is 486. The number of hydrogen-bond acceptors (Lipinski definition) is 5. The molecule has 0 aromatic carbocycles. The topological polar surface area (TPSA) is 76.8 Å². The number of nitrogens with zero attached hydrogens (tertiary/aromatic N) is 3. The molecule has 84 valence electrons. The molecule has 0 unspecified atom stereocenters. The first-order valence-electron chi connectivity index (χ1n) is 5.24. The molecule has 2 aromatic rings. The Morgan fingerprint density at radius 3 is 3.19 bits per heavy atom. The molecule has 0 atom stereocenters. The molecule has 1 fully saturated rings. The standard InChI is InChI=1S/C10H12N4O2/c1-15-5-9-11-10(16-14-9)8-4-7(12-13-8)6-2-3-6/h4,6H,2-3,5H2,1H3,(H,12,13). The fourth-order valence-corrected chi connectivity index (χ4v) is 1.60. The highest BCUT2D eigenvalue weighted by atomic mass is 16.5. The Morgan fingerprint density at radius 1 is 1.56 bits per heavy atom. The van der Waals surface area contributed by atoms with Gasteiger partial charge in [-0.1, -0.05) is 5.16 Å². The van der Waals surface area contributed by atoms with Crippen LogP contribution in [-0.2, 0) is 11.3 Å². The SMILES string of the molecule is COCc1noc(-c2cc(C3CC3)[nH]n2)n1. The van der Waals surface area contributed by atoms with Crippen molar-refractivity contribution in [3.05, 3.63) is 17.6 Å². The summed E-state index contributed by atoms with van der Waals surface area (Å²) in [5.41, 5.74) is 1.86. The molecular weight excluding hydrogens is 208 g/mol. The second-order valence-electron chi connectivity index (χ2n) is 3.93. The minimum Gasteiger partial charge on any atom is -0.377 e. The molecule has 0 amide bonds. The summed E-state index contributed by atoms with van der Waals surface area (Å²) >= 11 is 0. The second kappa shape index (κ2) is 3.71. The third-order valence-corrected chi connectivity index (χ3v) is 2.58. The van der Waals surface area contributed by atoms with Gasteiger partial charge in [0.05, 0.1) is 0 Å². The molecule has 1 saturated carbocycles. The fraction of sp³-hybridized carbons (Fsp3) is 0.500. The van der Waals surface area contributed by atoms with Crippen LogP contribution in [0, 0.1) is 0 Å². The van der Waals surface area contributed by atoms with E-state index < -0.39 is 0 Å². The van der Waals surface area contributed by atoms with Gasteiger partial charge in [-0.3, -0.25) is 5.10 Å². The molecule has 0 radical (unpaired) electrons. The van der Waals surface area contributed by atoms with Crippen LogP contribution in [0.2, 0.25) is 0 Å². The number of methoxy groups -OCH3 is 1. The third kappa shape index (κ3) is 1.71. The molecule has 2 aromatic heterocycles. The quantitative estimate of drug-likeness (QED) is 0.844. The predicted octanol–water partition coefficient (Wildman–Crippen LogP) is 1.48. The monoisotopic (exact) mass is 220 g/mol. The summed E-state index contributed by atoms with van der Waals surface area (Å²) in [4.78, 5) is 4.18. The van der Waals surface area contributed by atoms with E-state index in [-0.39, 0.29) is 0 Å². The van der Waals surface area contributed by atoms with Crippen molar-refractivity contribution < 1.29 is 9.26 Å². The maximum absolute atomic E-state index is 5.09. The molecule has 0 bridgehead atoms. The van der Waals surface area contributed by atoms with E-state index in [1.165, 1.54) is 12.8 Å². The molecule has 0 saturated heterocycles. The van der Waals surface area contributed by atoms with Gasteiger partial charge in [-0.15, -0.1) is 0 Å². The van der Waals surface area contributed by atoms with E-state index in [4.69, 9.17) is 9.26 Å². The first kappa shape index (κ1) is 9.53. The van der Waals surface area contributed by atoms with E-state index >= 15 is 0 Å². The van der Waals surface area contributed by atoms with Gasteiger partial charge in [0.2, 0.25) is 0 Å².